The topological polar surface area (TPSA) is 60.9 Å². The molecule has 0 fully saturated rings. The second kappa shape index (κ2) is 11.2. The van der Waals surface area contributed by atoms with Gasteiger partial charge in [0.05, 0.1) is 27.6 Å². The Balaban J connectivity index is 1.14. The molecule has 0 aliphatic rings. The van der Waals surface area contributed by atoms with E-state index in [2.05, 4.69) is 118 Å². The average Bonchev–Trinajstić information content (AvgIpc) is 3.78. The van der Waals surface area contributed by atoms with E-state index in [-0.39, 0.29) is 0 Å². The lowest BCUT2D eigenvalue weighted by atomic mass is 10.0. The molecule has 242 valence electrons. The molecule has 6 nitrogen and oxygen atoms in total. The molecular weight excluding hydrogens is 637 g/mol. The van der Waals surface area contributed by atoms with Crippen LogP contribution in [0.25, 0.3) is 100 Å². The summed E-state index contributed by atoms with van der Waals surface area (Å²) in [6.07, 6.45) is 0. The maximum Gasteiger partial charge on any atom is 0.164 e. The number of aromatic nitrogens is 6. The molecule has 0 unspecified atom stereocenters. The lowest BCUT2D eigenvalue weighted by Gasteiger charge is -2.12. The van der Waals surface area contributed by atoms with Gasteiger partial charge in [-0.05, 0) is 60.0 Å². The number of imidazole rings is 1. The van der Waals surface area contributed by atoms with Crippen molar-refractivity contribution in [3.8, 4) is 39.9 Å². The number of hydrogen-bond donors (Lipinski definition) is 0. The average molecular weight is 665 g/mol. The predicted octanol–water partition coefficient (Wildman–Crippen LogP) is 11.1. The summed E-state index contributed by atoms with van der Waals surface area (Å²) in [6.45, 7) is 0. The molecular formula is C46H28N6. The lowest BCUT2D eigenvalue weighted by Crippen LogP contribution is -2.00. The van der Waals surface area contributed by atoms with Gasteiger partial charge in [0.2, 0.25) is 0 Å². The number of para-hydroxylation sites is 3. The van der Waals surface area contributed by atoms with Crippen LogP contribution >= 0.6 is 0 Å². The van der Waals surface area contributed by atoms with Crippen LogP contribution in [0.15, 0.2) is 170 Å². The molecule has 11 rings (SSSR count). The van der Waals surface area contributed by atoms with Crippen molar-refractivity contribution in [2.75, 3.05) is 0 Å². The maximum atomic E-state index is 5.11. The van der Waals surface area contributed by atoms with Crippen molar-refractivity contribution in [2.45, 2.75) is 0 Å². The van der Waals surface area contributed by atoms with Crippen molar-refractivity contribution < 1.29 is 0 Å². The number of hydrogen-bond acceptors (Lipinski definition) is 4. The van der Waals surface area contributed by atoms with Crippen LogP contribution in [0.5, 0.6) is 0 Å². The minimum Gasteiger partial charge on any atom is -0.309 e. The van der Waals surface area contributed by atoms with E-state index < -0.39 is 0 Å². The number of benzene rings is 7. The Morgan fingerprint density at radius 1 is 0.327 bits per heavy atom. The highest BCUT2D eigenvalue weighted by atomic mass is 15.0. The van der Waals surface area contributed by atoms with Gasteiger partial charge in [-0.2, -0.15) is 0 Å². The van der Waals surface area contributed by atoms with Crippen LogP contribution in [-0.4, -0.2) is 28.9 Å². The first-order valence-electron chi connectivity index (χ1n) is 17.4. The quantitative estimate of drug-likeness (QED) is 0.176. The zero-order valence-electron chi connectivity index (χ0n) is 27.8. The van der Waals surface area contributed by atoms with Gasteiger partial charge >= 0.3 is 0 Å². The Bertz CT molecular complexity index is 3100. The van der Waals surface area contributed by atoms with Gasteiger partial charge in [-0.3, -0.25) is 4.40 Å². The van der Waals surface area contributed by atoms with Crippen molar-refractivity contribution in [1.29, 1.82) is 0 Å². The molecule has 4 aromatic heterocycles. The number of fused-ring (bicyclic) bond motifs is 12. The summed E-state index contributed by atoms with van der Waals surface area (Å²) in [6, 6.07) is 59.1. The van der Waals surface area contributed by atoms with Crippen molar-refractivity contribution >= 4 is 60.2 Å². The Morgan fingerprint density at radius 3 is 1.50 bits per heavy atom. The van der Waals surface area contributed by atoms with Gasteiger partial charge in [0, 0.05) is 43.9 Å². The predicted molar refractivity (Wildman–Crippen MR) is 212 cm³/mol. The van der Waals surface area contributed by atoms with E-state index >= 15 is 0 Å². The van der Waals surface area contributed by atoms with E-state index in [1.807, 2.05) is 60.7 Å². The van der Waals surface area contributed by atoms with Crippen LogP contribution in [-0.2, 0) is 0 Å². The molecule has 0 bridgehead atoms. The van der Waals surface area contributed by atoms with E-state index in [1.165, 1.54) is 21.5 Å². The van der Waals surface area contributed by atoms with Crippen LogP contribution in [0, 0.1) is 0 Å². The Hall–Kier alpha value is -7.18. The summed E-state index contributed by atoms with van der Waals surface area (Å²) in [5, 5.41) is 6.00. The third-order valence-corrected chi connectivity index (χ3v) is 10.1. The minimum atomic E-state index is 0.635. The molecule has 4 heterocycles. The monoisotopic (exact) mass is 664 g/mol. The summed E-state index contributed by atoms with van der Waals surface area (Å²) < 4.78 is 4.70. The van der Waals surface area contributed by atoms with Gasteiger partial charge < -0.3 is 4.57 Å². The summed E-state index contributed by atoms with van der Waals surface area (Å²) >= 11 is 0. The first-order chi connectivity index (χ1) is 25.8. The van der Waals surface area contributed by atoms with E-state index in [4.69, 9.17) is 19.9 Å². The molecule has 11 aromatic rings. The third-order valence-electron chi connectivity index (χ3n) is 10.1. The highest BCUT2D eigenvalue weighted by Gasteiger charge is 2.20. The van der Waals surface area contributed by atoms with Crippen molar-refractivity contribution in [3.05, 3.63) is 170 Å². The molecule has 0 atom stereocenters. The van der Waals surface area contributed by atoms with Crippen LogP contribution in [0.4, 0.5) is 0 Å². The van der Waals surface area contributed by atoms with Gasteiger partial charge in [0.25, 0.3) is 0 Å². The zero-order chi connectivity index (χ0) is 34.2. The molecule has 0 spiro atoms. The Kier molecular flexibility index (Phi) is 6.15. The molecule has 0 saturated heterocycles. The summed E-state index contributed by atoms with van der Waals surface area (Å²) in [5.74, 6) is 1.93. The van der Waals surface area contributed by atoms with Gasteiger partial charge in [-0.25, -0.2) is 19.9 Å². The number of pyridine rings is 1. The van der Waals surface area contributed by atoms with Crippen LogP contribution < -0.4 is 0 Å². The largest absolute Gasteiger partial charge is 0.309 e. The molecule has 6 heteroatoms. The molecule has 0 N–H and O–H groups in total. The van der Waals surface area contributed by atoms with Gasteiger partial charge in [0.1, 0.15) is 5.65 Å². The first kappa shape index (κ1) is 28.6. The molecule has 0 amide bonds. The smallest absolute Gasteiger partial charge is 0.164 e. The highest BCUT2D eigenvalue weighted by Crippen LogP contribution is 2.42. The van der Waals surface area contributed by atoms with Gasteiger partial charge in [0.15, 0.2) is 17.5 Å². The van der Waals surface area contributed by atoms with Crippen molar-refractivity contribution in [2.24, 2.45) is 0 Å². The molecule has 0 aliphatic heterocycles. The second-order valence-electron chi connectivity index (χ2n) is 13.1. The maximum absolute atomic E-state index is 5.11. The summed E-state index contributed by atoms with van der Waals surface area (Å²) in [5.41, 5.74) is 10.4. The van der Waals surface area contributed by atoms with Crippen molar-refractivity contribution in [3.63, 3.8) is 0 Å². The summed E-state index contributed by atoms with van der Waals surface area (Å²) in [7, 11) is 0. The van der Waals surface area contributed by atoms with Gasteiger partial charge in [-0.15, -0.1) is 0 Å². The normalized spacial score (nSPS) is 11.8. The number of nitrogens with zero attached hydrogens (tertiary/aromatic N) is 6. The van der Waals surface area contributed by atoms with E-state index in [1.54, 1.807) is 0 Å². The zero-order valence-corrected chi connectivity index (χ0v) is 27.8. The number of rotatable bonds is 4. The van der Waals surface area contributed by atoms with Crippen LogP contribution in [0.1, 0.15) is 0 Å². The van der Waals surface area contributed by atoms with Crippen LogP contribution in [0.3, 0.4) is 0 Å². The van der Waals surface area contributed by atoms with Crippen LogP contribution in [0.2, 0.25) is 0 Å². The molecule has 0 aliphatic carbocycles. The minimum absolute atomic E-state index is 0.635. The fraction of sp³-hybridized carbons (Fsp3) is 0. The Morgan fingerprint density at radius 2 is 0.827 bits per heavy atom. The highest BCUT2D eigenvalue weighted by molar-refractivity contribution is 6.29. The molecule has 0 radical (unpaired) electrons. The van der Waals surface area contributed by atoms with Crippen molar-refractivity contribution in [1.82, 2.24) is 28.9 Å². The second-order valence-corrected chi connectivity index (χ2v) is 13.1. The molecule has 7 aromatic carbocycles. The van der Waals surface area contributed by atoms with E-state index in [9.17, 15) is 0 Å². The Labute approximate surface area is 297 Å². The van der Waals surface area contributed by atoms with E-state index in [0.29, 0.717) is 17.5 Å². The third kappa shape index (κ3) is 4.25. The fourth-order valence-corrected chi connectivity index (χ4v) is 7.83. The standard InChI is InChI=1S/C46H28N6/c1-3-13-29(14-4-1)43-48-44(30-15-5-2-6-16-30)50-45(49-43)31-23-25-32(26-24-31)51-37-21-11-9-19-35(37)42-39(51)27-28-40-41(42)33-17-7-8-18-34(33)46-47-36-20-10-12-22-38(36)52(40)46/h1-28H. The van der Waals surface area contributed by atoms with Gasteiger partial charge in [-0.1, -0.05) is 115 Å². The van der Waals surface area contributed by atoms with E-state index in [0.717, 1.165) is 61.0 Å². The SMILES string of the molecule is c1ccc(-c2nc(-c3ccccc3)nc(-c3ccc(-n4c5ccccc5c5c6c7ccccc7c7nc8ccccc8n7c6ccc54)cc3)n2)cc1. The molecule has 52 heavy (non-hydrogen) atoms. The lowest BCUT2D eigenvalue weighted by molar-refractivity contribution is 1.07. The molecule has 0 saturated carbocycles. The summed E-state index contributed by atoms with van der Waals surface area (Å²) in [4.78, 5) is 19.9. The fourth-order valence-electron chi connectivity index (χ4n) is 7.83. The first-order valence-corrected chi connectivity index (χ1v) is 17.4.